The molecule has 0 fully saturated rings. The SMILES string of the molecule is CCC(NC(C)C)C(O)c1ccc(O)c2c1OCC(C(O)(CNC(C)(C)CCC1(c3ccc(OC)cc3)N=CN=N1)c1ccc(O)c3c1OCC(=O)N3)N2. The Hall–Kier alpha value is -4.96. The van der Waals surface area contributed by atoms with E-state index in [0.29, 0.717) is 30.6 Å². The van der Waals surface area contributed by atoms with E-state index in [0.717, 1.165) is 5.56 Å². The van der Waals surface area contributed by atoms with Gasteiger partial charge >= 0.3 is 0 Å². The van der Waals surface area contributed by atoms with Crippen LogP contribution in [0.4, 0.5) is 11.4 Å². The number of nitrogens with one attached hydrogen (secondary N) is 4. The van der Waals surface area contributed by atoms with Gasteiger partial charge in [-0.3, -0.25) is 4.79 Å². The van der Waals surface area contributed by atoms with E-state index in [4.69, 9.17) is 14.2 Å². The number of carbonyl (C=O) groups excluding carboxylic acids is 1. The monoisotopic (exact) mass is 745 g/mol. The van der Waals surface area contributed by atoms with E-state index in [-0.39, 0.29) is 71.8 Å². The maximum Gasteiger partial charge on any atom is 0.262 e. The van der Waals surface area contributed by atoms with Crippen molar-refractivity contribution in [3.63, 3.8) is 0 Å². The minimum atomic E-state index is -1.83. The minimum absolute atomic E-state index is 0.0426. The summed E-state index contributed by atoms with van der Waals surface area (Å²) in [5.74, 6) is 0.315. The number of aliphatic imine (C=N–C) groups is 1. The summed E-state index contributed by atoms with van der Waals surface area (Å²) >= 11 is 0. The highest BCUT2D eigenvalue weighted by Gasteiger charge is 2.47. The Morgan fingerprint density at radius 1 is 1.04 bits per heavy atom. The summed E-state index contributed by atoms with van der Waals surface area (Å²) in [7, 11) is 1.61. The van der Waals surface area contributed by atoms with Crippen molar-refractivity contribution >= 4 is 23.6 Å². The number of benzene rings is 3. The lowest BCUT2D eigenvalue weighted by Gasteiger charge is -2.43. The first-order chi connectivity index (χ1) is 25.7. The molecule has 0 bridgehead atoms. The summed E-state index contributed by atoms with van der Waals surface area (Å²) in [4.78, 5) is 16.9. The number of aliphatic hydroxyl groups excluding tert-OH is 1. The number of aromatic hydroxyl groups is 2. The van der Waals surface area contributed by atoms with Gasteiger partial charge in [-0.2, -0.15) is 5.11 Å². The molecule has 5 atom stereocenters. The summed E-state index contributed by atoms with van der Waals surface area (Å²) in [5.41, 5.74) is -1.49. The number of nitrogens with zero attached hydrogens (tertiary/aromatic N) is 3. The number of fused-ring (bicyclic) bond motifs is 2. The van der Waals surface area contributed by atoms with E-state index in [9.17, 15) is 25.2 Å². The second-order valence-corrected chi connectivity index (χ2v) is 15.0. The number of hydrogen-bond acceptors (Lipinski definition) is 14. The molecular formula is C39H51N7O8. The van der Waals surface area contributed by atoms with Crippen LogP contribution in [0.15, 0.2) is 63.8 Å². The van der Waals surface area contributed by atoms with E-state index in [2.05, 4.69) is 36.5 Å². The van der Waals surface area contributed by atoms with Gasteiger partial charge in [0.05, 0.1) is 19.3 Å². The Balaban J connectivity index is 1.31. The van der Waals surface area contributed by atoms with Crippen molar-refractivity contribution in [2.75, 3.05) is 37.5 Å². The second-order valence-electron chi connectivity index (χ2n) is 15.0. The van der Waals surface area contributed by atoms with Gasteiger partial charge in [-0.1, -0.05) is 32.9 Å². The van der Waals surface area contributed by atoms with Crippen molar-refractivity contribution in [1.29, 1.82) is 0 Å². The van der Waals surface area contributed by atoms with Crippen LogP contribution < -0.4 is 35.5 Å². The van der Waals surface area contributed by atoms with E-state index in [1.165, 1.54) is 18.5 Å². The normalized spacial score (nSPS) is 21.2. The highest BCUT2D eigenvalue weighted by molar-refractivity contribution is 5.97. The summed E-state index contributed by atoms with van der Waals surface area (Å²) in [6, 6.07) is 12.6. The van der Waals surface area contributed by atoms with Gasteiger partial charge in [0.25, 0.3) is 5.91 Å². The van der Waals surface area contributed by atoms with Gasteiger partial charge in [0.15, 0.2) is 23.8 Å². The number of β-amino-alcohol motifs (C(OH)–C–C–N with tert-alkyl or cyclic N) is 1. The van der Waals surface area contributed by atoms with Gasteiger partial charge in [-0.05, 0) is 63.1 Å². The highest BCUT2D eigenvalue weighted by Crippen LogP contribution is 2.49. The van der Waals surface area contributed by atoms with Gasteiger partial charge in [-0.25, -0.2) is 4.99 Å². The summed E-state index contributed by atoms with van der Waals surface area (Å²) < 4.78 is 17.5. The molecule has 0 saturated heterocycles. The van der Waals surface area contributed by atoms with Crippen LogP contribution in [0.25, 0.3) is 0 Å². The molecule has 0 aromatic heterocycles. The molecule has 15 nitrogen and oxygen atoms in total. The molecule has 290 valence electrons. The molecule has 0 spiro atoms. The van der Waals surface area contributed by atoms with Gasteiger partial charge < -0.3 is 55.9 Å². The van der Waals surface area contributed by atoms with Gasteiger partial charge in [0.1, 0.15) is 47.2 Å². The van der Waals surface area contributed by atoms with Crippen LogP contribution >= 0.6 is 0 Å². The average Bonchev–Trinajstić information content (AvgIpc) is 3.66. The van der Waals surface area contributed by atoms with Crippen molar-refractivity contribution in [2.24, 2.45) is 15.2 Å². The second kappa shape index (κ2) is 15.4. The molecule has 3 aliphatic rings. The predicted octanol–water partition coefficient (Wildman–Crippen LogP) is 4.80. The fourth-order valence-corrected chi connectivity index (χ4v) is 7.20. The number of amides is 1. The maximum absolute atomic E-state index is 13.0. The minimum Gasteiger partial charge on any atom is -0.506 e. The molecule has 5 unspecified atom stereocenters. The fraction of sp³-hybridized carbons (Fsp3) is 0.487. The number of ether oxygens (including phenoxy) is 3. The van der Waals surface area contributed by atoms with Gasteiger partial charge in [0, 0.05) is 47.3 Å². The number of azo groups is 1. The Bertz CT molecular complexity index is 1890. The molecule has 15 heteroatoms. The molecule has 0 radical (unpaired) electrons. The van der Waals surface area contributed by atoms with Crippen molar-refractivity contribution in [1.82, 2.24) is 10.6 Å². The topological polar surface area (TPSA) is 211 Å². The molecule has 3 aromatic rings. The number of phenols is 2. The predicted molar refractivity (Wildman–Crippen MR) is 204 cm³/mol. The Morgan fingerprint density at radius 2 is 1.76 bits per heavy atom. The summed E-state index contributed by atoms with van der Waals surface area (Å²) in [5, 5.41) is 67.7. The number of rotatable bonds is 15. The Morgan fingerprint density at radius 3 is 2.43 bits per heavy atom. The molecule has 0 saturated carbocycles. The van der Waals surface area contributed by atoms with Gasteiger partial charge in [-0.15, -0.1) is 5.11 Å². The third kappa shape index (κ3) is 7.67. The van der Waals surface area contributed by atoms with Crippen molar-refractivity contribution < 1.29 is 39.4 Å². The lowest BCUT2D eigenvalue weighted by atomic mass is 9.82. The first-order valence-corrected chi connectivity index (χ1v) is 18.3. The molecule has 8 N–H and O–H groups in total. The fourth-order valence-electron chi connectivity index (χ4n) is 7.20. The third-order valence-electron chi connectivity index (χ3n) is 10.4. The van der Waals surface area contributed by atoms with Crippen LogP contribution in [-0.2, 0) is 16.1 Å². The quantitative estimate of drug-likeness (QED) is 0.0991. The average molecular weight is 746 g/mol. The molecule has 3 heterocycles. The molecule has 3 aliphatic heterocycles. The zero-order chi connectivity index (χ0) is 38.8. The molecule has 3 aromatic carbocycles. The Labute approximate surface area is 314 Å². The molecule has 54 heavy (non-hydrogen) atoms. The van der Waals surface area contributed by atoms with E-state index in [1.54, 1.807) is 19.2 Å². The lowest BCUT2D eigenvalue weighted by Crippen LogP contribution is -2.58. The molecule has 0 aliphatic carbocycles. The number of aliphatic hydroxyl groups is 2. The van der Waals surface area contributed by atoms with Crippen LogP contribution in [0.1, 0.15) is 76.7 Å². The molecule has 6 rings (SSSR count). The molecule has 1 amide bonds. The highest BCUT2D eigenvalue weighted by atomic mass is 16.5. The van der Waals surface area contributed by atoms with Crippen molar-refractivity contribution in [3.05, 3.63) is 65.2 Å². The smallest absolute Gasteiger partial charge is 0.262 e. The van der Waals surface area contributed by atoms with Crippen LogP contribution in [0.3, 0.4) is 0 Å². The van der Waals surface area contributed by atoms with Crippen molar-refractivity contribution in [2.45, 2.75) is 94.9 Å². The van der Waals surface area contributed by atoms with E-state index < -0.39 is 34.9 Å². The van der Waals surface area contributed by atoms with Crippen LogP contribution in [0, 0.1) is 0 Å². The number of methoxy groups -OCH3 is 1. The standard InChI is InChI=1S/C39H51N7O8/c1-7-27(43-22(2)3)34(50)25-12-14-28(47)32-35(25)53-18-30(44-32)38(51,26-13-15-29(48)33-36(26)54-19-31(49)45-33)20-40-37(4,5)16-17-39(41-21-42-46-39)23-8-10-24(52-6)11-9-23/h8-15,21-22,27,30,34,40,43-44,47-48,50-51H,7,16-20H2,1-6H3,(H,45,49). The Kier molecular flexibility index (Phi) is 11.1. The molecular weight excluding hydrogens is 694 g/mol. The van der Waals surface area contributed by atoms with Crippen molar-refractivity contribution in [3.8, 4) is 28.7 Å². The van der Waals surface area contributed by atoms with Crippen LogP contribution in [0.2, 0.25) is 0 Å². The van der Waals surface area contributed by atoms with Crippen LogP contribution in [0.5, 0.6) is 28.7 Å². The van der Waals surface area contributed by atoms with Crippen LogP contribution in [-0.4, -0.2) is 83.2 Å². The third-order valence-corrected chi connectivity index (χ3v) is 10.4. The van der Waals surface area contributed by atoms with Gasteiger partial charge in [0.2, 0.25) is 0 Å². The van der Waals surface area contributed by atoms with E-state index >= 15 is 0 Å². The zero-order valence-corrected chi connectivity index (χ0v) is 31.5. The summed E-state index contributed by atoms with van der Waals surface area (Å²) in [6.07, 6.45) is 2.19. The van der Waals surface area contributed by atoms with E-state index in [1.807, 2.05) is 58.9 Å². The first kappa shape index (κ1) is 38.8. The summed E-state index contributed by atoms with van der Waals surface area (Å²) in [6.45, 7) is 9.53. The number of anilines is 2. The number of carbonyl (C=O) groups is 1. The first-order valence-electron chi connectivity index (χ1n) is 18.3. The largest absolute Gasteiger partial charge is 0.506 e. The zero-order valence-electron chi connectivity index (χ0n) is 31.5. The number of phenolic OH excluding ortho intramolecular Hbond substituents is 2. The lowest BCUT2D eigenvalue weighted by molar-refractivity contribution is -0.118. The number of hydrogen-bond donors (Lipinski definition) is 8. The maximum atomic E-state index is 13.0.